The molecule has 0 radical (unpaired) electrons. The van der Waals surface area contributed by atoms with Gasteiger partial charge in [0.05, 0.1) is 4.90 Å². The molecular weight excluding hydrogens is 397 g/mol. The molecule has 0 saturated carbocycles. The fourth-order valence-electron chi connectivity index (χ4n) is 2.87. The average molecular weight is 414 g/mol. The summed E-state index contributed by atoms with van der Waals surface area (Å²) in [5, 5.41) is 0. The van der Waals surface area contributed by atoms with Crippen LogP contribution in [0.2, 0.25) is 0 Å². The fraction of sp³-hybridized carbons (Fsp3) is 0.278. The minimum atomic E-state index is -3.85. The molecule has 1 aliphatic heterocycles. The van der Waals surface area contributed by atoms with Gasteiger partial charge in [-0.15, -0.1) is 0 Å². The normalized spacial score (nSPS) is 15.6. The van der Waals surface area contributed by atoms with Gasteiger partial charge in [-0.25, -0.2) is 12.8 Å². The van der Waals surface area contributed by atoms with Crippen molar-refractivity contribution in [3.05, 3.63) is 59.9 Å². The third-order valence-electron chi connectivity index (χ3n) is 4.29. The first-order valence-electron chi connectivity index (χ1n) is 8.37. The maximum absolute atomic E-state index is 13.3. The second-order valence-electron chi connectivity index (χ2n) is 6.06. The van der Waals surface area contributed by atoms with Gasteiger partial charge in [-0.3, -0.25) is 4.79 Å². The molecule has 0 N–H and O–H groups in total. The van der Waals surface area contributed by atoms with E-state index in [0.717, 1.165) is 12.1 Å². The van der Waals surface area contributed by atoms with E-state index in [9.17, 15) is 26.4 Å². The van der Waals surface area contributed by atoms with E-state index in [2.05, 4.69) is 4.74 Å². The van der Waals surface area contributed by atoms with Crippen molar-refractivity contribution in [3.8, 4) is 5.75 Å². The quantitative estimate of drug-likeness (QED) is 0.754. The molecular formula is C18H17F3N2O4S. The third-order valence-corrected chi connectivity index (χ3v) is 6.18. The van der Waals surface area contributed by atoms with Gasteiger partial charge in [0.15, 0.2) is 0 Å². The fourth-order valence-corrected chi connectivity index (χ4v) is 4.32. The summed E-state index contributed by atoms with van der Waals surface area (Å²) >= 11 is 0. The van der Waals surface area contributed by atoms with E-state index in [1.165, 1.54) is 45.6 Å². The summed E-state index contributed by atoms with van der Waals surface area (Å²) < 4.78 is 68.3. The zero-order valence-electron chi connectivity index (χ0n) is 14.6. The van der Waals surface area contributed by atoms with E-state index in [-0.39, 0.29) is 48.3 Å². The van der Waals surface area contributed by atoms with Gasteiger partial charge >= 0.3 is 6.61 Å². The molecule has 28 heavy (non-hydrogen) atoms. The molecule has 6 nitrogen and oxygen atoms in total. The predicted molar refractivity (Wildman–Crippen MR) is 94.1 cm³/mol. The maximum atomic E-state index is 13.3. The number of halogens is 3. The van der Waals surface area contributed by atoms with E-state index in [1.54, 1.807) is 0 Å². The Morgan fingerprint density at radius 2 is 1.64 bits per heavy atom. The molecule has 1 heterocycles. The summed E-state index contributed by atoms with van der Waals surface area (Å²) in [6, 6.07) is 10.0. The Morgan fingerprint density at radius 1 is 1.00 bits per heavy atom. The van der Waals surface area contributed by atoms with Crippen molar-refractivity contribution in [1.29, 1.82) is 0 Å². The Hall–Kier alpha value is -2.59. The summed E-state index contributed by atoms with van der Waals surface area (Å²) in [5.74, 6) is -1.04. The number of carbonyl (C=O) groups is 1. The number of piperazine rings is 1. The van der Waals surface area contributed by atoms with Crippen molar-refractivity contribution in [1.82, 2.24) is 9.21 Å². The molecule has 2 aromatic rings. The Morgan fingerprint density at radius 3 is 2.21 bits per heavy atom. The van der Waals surface area contributed by atoms with E-state index in [0.29, 0.717) is 0 Å². The number of nitrogens with zero attached hydrogens (tertiary/aromatic N) is 2. The molecule has 1 aliphatic rings. The van der Waals surface area contributed by atoms with Gasteiger partial charge in [0.1, 0.15) is 11.6 Å². The molecule has 0 aromatic heterocycles. The number of amides is 1. The van der Waals surface area contributed by atoms with Crippen LogP contribution in [0.4, 0.5) is 13.2 Å². The molecule has 1 amide bonds. The number of hydrogen-bond donors (Lipinski definition) is 0. The Balaban J connectivity index is 1.64. The molecule has 0 unspecified atom stereocenters. The van der Waals surface area contributed by atoms with Gasteiger partial charge in [-0.05, 0) is 42.5 Å². The highest BCUT2D eigenvalue weighted by Crippen LogP contribution is 2.20. The molecule has 10 heteroatoms. The minimum Gasteiger partial charge on any atom is -0.435 e. The monoisotopic (exact) mass is 414 g/mol. The second kappa shape index (κ2) is 8.19. The van der Waals surface area contributed by atoms with Gasteiger partial charge in [0.2, 0.25) is 10.0 Å². The Labute approximate surface area is 160 Å². The van der Waals surface area contributed by atoms with Crippen molar-refractivity contribution in [2.75, 3.05) is 26.2 Å². The number of ether oxygens (including phenoxy) is 1. The molecule has 0 bridgehead atoms. The molecule has 0 aliphatic carbocycles. The highest BCUT2D eigenvalue weighted by atomic mass is 32.2. The summed E-state index contributed by atoms with van der Waals surface area (Å²) in [7, 11) is -3.85. The van der Waals surface area contributed by atoms with Crippen molar-refractivity contribution in [3.63, 3.8) is 0 Å². The average Bonchev–Trinajstić information content (AvgIpc) is 2.68. The second-order valence-corrected chi connectivity index (χ2v) is 7.99. The van der Waals surface area contributed by atoms with Crippen LogP contribution < -0.4 is 4.74 Å². The van der Waals surface area contributed by atoms with E-state index >= 15 is 0 Å². The first-order chi connectivity index (χ1) is 13.3. The number of carbonyl (C=O) groups excluding carboxylic acids is 1. The molecule has 1 fully saturated rings. The standard InChI is InChI=1S/C18H17F3N2O4S/c19-14-2-1-3-16(12-14)28(25,26)23-10-8-22(9-11-23)17(24)13-4-6-15(7-5-13)27-18(20)21/h1-7,12,18H,8-11H2. The van der Waals surface area contributed by atoms with Crippen LogP contribution in [0.5, 0.6) is 5.75 Å². The van der Waals surface area contributed by atoms with Gasteiger partial charge in [-0.1, -0.05) is 6.07 Å². The van der Waals surface area contributed by atoms with Crippen LogP contribution in [0.15, 0.2) is 53.4 Å². The van der Waals surface area contributed by atoms with Crippen molar-refractivity contribution in [2.45, 2.75) is 11.5 Å². The van der Waals surface area contributed by atoms with Gasteiger partial charge in [0, 0.05) is 31.7 Å². The summed E-state index contributed by atoms with van der Waals surface area (Å²) in [6.07, 6.45) is 0. The largest absolute Gasteiger partial charge is 0.435 e. The van der Waals surface area contributed by atoms with Gasteiger partial charge in [0.25, 0.3) is 5.91 Å². The zero-order valence-corrected chi connectivity index (χ0v) is 15.4. The highest BCUT2D eigenvalue weighted by Gasteiger charge is 2.30. The lowest BCUT2D eigenvalue weighted by atomic mass is 10.2. The van der Waals surface area contributed by atoms with Crippen LogP contribution in [0.25, 0.3) is 0 Å². The van der Waals surface area contributed by atoms with E-state index in [1.807, 2.05) is 0 Å². The van der Waals surface area contributed by atoms with Crippen molar-refractivity contribution in [2.24, 2.45) is 0 Å². The van der Waals surface area contributed by atoms with Crippen LogP contribution >= 0.6 is 0 Å². The maximum Gasteiger partial charge on any atom is 0.387 e. The number of hydrogen-bond acceptors (Lipinski definition) is 4. The molecule has 2 aromatic carbocycles. The first kappa shape index (κ1) is 20.2. The van der Waals surface area contributed by atoms with E-state index in [4.69, 9.17) is 0 Å². The lowest BCUT2D eigenvalue weighted by molar-refractivity contribution is -0.0498. The summed E-state index contributed by atoms with van der Waals surface area (Å²) in [6.45, 7) is -2.51. The van der Waals surface area contributed by atoms with Crippen molar-refractivity contribution < 1.29 is 31.1 Å². The topological polar surface area (TPSA) is 66.9 Å². The molecule has 1 saturated heterocycles. The number of rotatable bonds is 5. The van der Waals surface area contributed by atoms with Crippen LogP contribution in [0.3, 0.4) is 0 Å². The number of benzene rings is 2. The zero-order chi connectivity index (χ0) is 20.3. The molecule has 3 rings (SSSR count). The van der Waals surface area contributed by atoms with Crippen LogP contribution in [-0.2, 0) is 10.0 Å². The smallest absolute Gasteiger partial charge is 0.387 e. The number of alkyl halides is 2. The van der Waals surface area contributed by atoms with Crippen LogP contribution in [0, 0.1) is 5.82 Å². The Bertz CT molecular complexity index is 944. The molecule has 0 spiro atoms. The summed E-state index contributed by atoms with van der Waals surface area (Å²) in [5.41, 5.74) is 0.281. The molecule has 0 atom stereocenters. The summed E-state index contributed by atoms with van der Waals surface area (Å²) in [4.78, 5) is 13.9. The Kier molecular flexibility index (Phi) is 5.90. The van der Waals surface area contributed by atoms with E-state index < -0.39 is 22.5 Å². The van der Waals surface area contributed by atoms with Crippen LogP contribution in [-0.4, -0.2) is 56.3 Å². The van der Waals surface area contributed by atoms with Gasteiger partial charge < -0.3 is 9.64 Å². The minimum absolute atomic E-state index is 0.0578. The van der Waals surface area contributed by atoms with Crippen LogP contribution in [0.1, 0.15) is 10.4 Å². The van der Waals surface area contributed by atoms with Crippen molar-refractivity contribution >= 4 is 15.9 Å². The number of sulfonamides is 1. The first-order valence-corrected chi connectivity index (χ1v) is 9.81. The molecule has 150 valence electrons. The lowest BCUT2D eigenvalue weighted by Crippen LogP contribution is -2.50. The predicted octanol–water partition coefficient (Wildman–Crippen LogP) is 2.57. The lowest BCUT2D eigenvalue weighted by Gasteiger charge is -2.34. The highest BCUT2D eigenvalue weighted by molar-refractivity contribution is 7.89. The SMILES string of the molecule is O=C(c1ccc(OC(F)F)cc1)N1CCN(S(=O)(=O)c2cccc(F)c2)CC1. The van der Waals surface area contributed by atoms with Gasteiger partial charge in [-0.2, -0.15) is 13.1 Å². The third kappa shape index (κ3) is 4.45.